The summed E-state index contributed by atoms with van der Waals surface area (Å²) < 4.78 is 37.6. The number of nitrogens with one attached hydrogen (secondary N) is 1. The molecule has 1 N–H and O–H groups in total. The molecule has 7 nitrogen and oxygen atoms in total. The van der Waals surface area contributed by atoms with Crippen molar-refractivity contribution in [2.45, 2.75) is 68.9 Å². The molecule has 0 aliphatic heterocycles. The van der Waals surface area contributed by atoms with Crippen LogP contribution in [-0.2, 0) is 34.5 Å². The Kier molecular flexibility index (Phi) is 6.01. The fourth-order valence-corrected chi connectivity index (χ4v) is 4.14. The van der Waals surface area contributed by atoms with Crippen LogP contribution in [0.3, 0.4) is 0 Å². The van der Waals surface area contributed by atoms with Gasteiger partial charge in [0.25, 0.3) is 0 Å². The first kappa shape index (κ1) is 21.4. The molecule has 0 amide bonds. The summed E-state index contributed by atoms with van der Waals surface area (Å²) in [5.41, 5.74) is -0.520. The summed E-state index contributed by atoms with van der Waals surface area (Å²) in [5.74, 6) is -0.774. The smallest absolute Gasteiger partial charge is 0.316 e. The number of esters is 2. The topological polar surface area (TPSA) is 98.8 Å². The Bertz CT molecular complexity index is 804. The molecular weight excluding hydrogens is 370 g/mol. The average molecular weight is 397 g/mol. The minimum Gasteiger partial charge on any atom is -0.468 e. The molecule has 27 heavy (non-hydrogen) atoms. The second-order valence-corrected chi connectivity index (χ2v) is 9.62. The van der Waals surface area contributed by atoms with E-state index in [1.807, 2.05) is 0 Å². The van der Waals surface area contributed by atoms with Crippen LogP contribution >= 0.6 is 0 Å². The molecule has 0 spiro atoms. The number of carbonyl (C=O) groups excluding carboxylic acids is 2. The van der Waals surface area contributed by atoms with Gasteiger partial charge in [-0.1, -0.05) is 12.1 Å². The molecule has 8 heteroatoms. The van der Waals surface area contributed by atoms with Gasteiger partial charge in [-0.25, -0.2) is 13.1 Å². The van der Waals surface area contributed by atoms with E-state index in [1.165, 1.54) is 19.2 Å². The summed E-state index contributed by atoms with van der Waals surface area (Å²) in [6, 6.07) is 5.57. The highest BCUT2D eigenvalue weighted by atomic mass is 32.2. The molecule has 1 aromatic carbocycles. The first-order chi connectivity index (χ1) is 12.4. The maximum Gasteiger partial charge on any atom is 0.316 e. The van der Waals surface area contributed by atoms with Gasteiger partial charge < -0.3 is 9.47 Å². The Morgan fingerprint density at radius 1 is 1.19 bits per heavy atom. The van der Waals surface area contributed by atoms with Crippen molar-refractivity contribution in [1.82, 2.24) is 4.72 Å². The number of hydrogen-bond donors (Lipinski definition) is 1. The molecule has 0 aromatic heterocycles. The highest BCUT2D eigenvalue weighted by Crippen LogP contribution is 2.49. The first-order valence-electron chi connectivity index (χ1n) is 8.83. The van der Waals surface area contributed by atoms with E-state index in [2.05, 4.69) is 4.72 Å². The summed E-state index contributed by atoms with van der Waals surface area (Å²) >= 11 is 0. The average Bonchev–Trinajstić information content (AvgIpc) is 3.33. The molecule has 1 aliphatic rings. The standard InChI is InChI=1S/C19H27NO6S/c1-13(12-16(21)26-18(2,3)4)20-27(23,24)15-8-6-14(7-9-15)19(10-11-19)17(22)25-5/h6-9,13,20H,10-12H2,1-5H3/t13-/m1/s1. The Morgan fingerprint density at radius 2 is 1.74 bits per heavy atom. The number of rotatable bonds is 7. The lowest BCUT2D eigenvalue weighted by Gasteiger charge is -2.21. The molecule has 0 bridgehead atoms. The van der Waals surface area contributed by atoms with Crippen LogP contribution < -0.4 is 4.72 Å². The van der Waals surface area contributed by atoms with E-state index in [0.29, 0.717) is 12.8 Å². The molecule has 1 aromatic rings. The number of carbonyl (C=O) groups is 2. The van der Waals surface area contributed by atoms with Crippen molar-refractivity contribution in [3.05, 3.63) is 29.8 Å². The minimum atomic E-state index is -3.79. The quantitative estimate of drug-likeness (QED) is 0.709. The van der Waals surface area contributed by atoms with Crippen LogP contribution in [0.5, 0.6) is 0 Å². The lowest BCUT2D eigenvalue weighted by atomic mass is 9.96. The molecule has 0 unspecified atom stereocenters. The monoisotopic (exact) mass is 397 g/mol. The van der Waals surface area contributed by atoms with Crippen molar-refractivity contribution < 1.29 is 27.5 Å². The third-order valence-corrected chi connectivity index (χ3v) is 5.90. The second kappa shape index (κ2) is 7.59. The lowest BCUT2D eigenvalue weighted by Crippen LogP contribution is -2.36. The normalized spacial score (nSPS) is 17.1. The van der Waals surface area contributed by atoms with Crippen molar-refractivity contribution >= 4 is 22.0 Å². The zero-order valence-electron chi connectivity index (χ0n) is 16.4. The van der Waals surface area contributed by atoms with Gasteiger partial charge in [-0.15, -0.1) is 0 Å². The Hall–Kier alpha value is -1.93. The van der Waals surface area contributed by atoms with Crippen LogP contribution in [0, 0.1) is 0 Å². The maximum absolute atomic E-state index is 12.5. The highest BCUT2D eigenvalue weighted by molar-refractivity contribution is 7.89. The molecule has 2 rings (SSSR count). The SMILES string of the molecule is COC(=O)C1(c2ccc(S(=O)(=O)N[C@H](C)CC(=O)OC(C)(C)C)cc2)CC1. The molecule has 1 aliphatic carbocycles. The fourth-order valence-electron chi connectivity index (χ4n) is 2.89. The van der Waals surface area contributed by atoms with E-state index < -0.39 is 33.1 Å². The largest absolute Gasteiger partial charge is 0.468 e. The second-order valence-electron chi connectivity index (χ2n) is 7.91. The summed E-state index contributed by atoms with van der Waals surface area (Å²) in [4.78, 5) is 23.8. The molecule has 150 valence electrons. The zero-order chi connectivity index (χ0) is 20.5. The number of hydrogen-bond acceptors (Lipinski definition) is 6. The van der Waals surface area contributed by atoms with Crippen molar-refractivity contribution in [3.8, 4) is 0 Å². The molecule has 1 fully saturated rings. The fraction of sp³-hybridized carbons (Fsp3) is 0.579. The summed E-state index contributed by atoms with van der Waals surface area (Å²) in [6.45, 7) is 6.86. The van der Waals surface area contributed by atoms with Crippen molar-refractivity contribution in [2.24, 2.45) is 0 Å². The Labute approximate surface area is 160 Å². The molecule has 0 saturated heterocycles. The van der Waals surface area contributed by atoms with Crippen molar-refractivity contribution in [2.75, 3.05) is 7.11 Å². The number of sulfonamides is 1. The van der Waals surface area contributed by atoms with Gasteiger partial charge >= 0.3 is 11.9 Å². The van der Waals surface area contributed by atoms with E-state index in [4.69, 9.17) is 9.47 Å². The lowest BCUT2D eigenvalue weighted by molar-refractivity contribution is -0.155. The third-order valence-electron chi connectivity index (χ3n) is 4.29. The Balaban J connectivity index is 2.04. The number of ether oxygens (including phenoxy) is 2. The number of benzene rings is 1. The van der Waals surface area contributed by atoms with Crippen LogP contribution in [-0.4, -0.2) is 39.1 Å². The van der Waals surface area contributed by atoms with E-state index in [0.717, 1.165) is 5.56 Å². The van der Waals surface area contributed by atoms with E-state index in [9.17, 15) is 18.0 Å². The van der Waals surface area contributed by atoms with Crippen LogP contribution in [0.1, 0.15) is 52.5 Å². The van der Waals surface area contributed by atoms with Gasteiger partial charge in [0, 0.05) is 6.04 Å². The van der Waals surface area contributed by atoms with Crippen LogP contribution in [0.25, 0.3) is 0 Å². The van der Waals surface area contributed by atoms with Crippen LogP contribution in [0.4, 0.5) is 0 Å². The molecule has 0 heterocycles. The predicted molar refractivity (Wildman–Crippen MR) is 99.6 cm³/mol. The van der Waals surface area contributed by atoms with Crippen molar-refractivity contribution in [3.63, 3.8) is 0 Å². The first-order valence-corrected chi connectivity index (χ1v) is 10.3. The maximum atomic E-state index is 12.5. The minimum absolute atomic E-state index is 0.0694. The zero-order valence-corrected chi connectivity index (χ0v) is 17.2. The van der Waals surface area contributed by atoms with Crippen molar-refractivity contribution in [1.29, 1.82) is 0 Å². The summed E-state index contributed by atoms with van der Waals surface area (Å²) in [7, 11) is -2.45. The van der Waals surface area contributed by atoms with Gasteiger partial charge in [0.05, 0.1) is 23.8 Å². The van der Waals surface area contributed by atoms with Gasteiger partial charge in [-0.05, 0) is 58.2 Å². The molecule has 0 radical (unpaired) electrons. The van der Waals surface area contributed by atoms with Crippen LogP contribution in [0.2, 0.25) is 0 Å². The van der Waals surface area contributed by atoms with Gasteiger partial charge in [-0.2, -0.15) is 0 Å². The van der Waals surface area contributed by atoms with Gasteiger partial charge in [-0.3, -0.25) is 9.59 Å². The van der Waals surface area contributed by atoms with E-state index >= 15 is 0 Å². The predicted octanol–water partition coefficient (Wildman–Crippen LogP) is 2.29. The van der Waals surface area contributed by atoms with E-state index in [1.54, 1.807) is 39.8 Å². The van der Waals surface area contributed by atoms with Gasteiger partial charge in [0.2, 0.25) is 10.0 Å². The van der Waals surface area contributed by atoms with E-state index in [-0.39, 0.29) is 17.3 Å². The molecular formula is C19H27NO6S. The summed E-state index contributed by atoms with van der Waals surface area (Å²) in [6.07, 6.45) is 1.31. The summed E-state index contributed by atoms with van der Waals surface area (Å²) in [5, 5.41) is 0. The molecule has 1 atom stereocenters. The van der Waals surface area contributed by atoms with Crippen LogP contribution in [0.15, 0.2) is 29.2 Å². The number of methoxy groups -OCH3 is 1. The van der Waals surface area contributed by atoms with Gasteiger partial charge in [0.1, 0.15) is 5.60 Å². The van der Waals surface area contributed by atoms with Gasteiger partial charge in [0.15, 0.2) is 0 Å². The third kappa shape index (κ3) is 5.29. The highest BCUT2D eigenvalue weighted by Gasteiger charge is 2.52. The Morgan fingerprint density at radius 3 is 2.19 bits per heavy atom. The molecule has 1 saturated carbocycles.